The lowest BCUT2D eigenvalue weighted by molar-refractivity contribution is 0.193. The first-order valence-corrected chi connectivity index (χ1v) is 6.95. The summed E-state index contributed by atoms with van der Waals surface area (Å²) < 4.78 is 0. The lowest BCUT2D eigenvalue weighted by atomic mass is 9.97. The highest BCUT2D eigenvalue weighted by atomic mass is 15.2. The van der Waals surface area contributed by atoms with Gasteiger partial charge >= 0.3 is 0 Å². The van der Waals surface area contributed by atoms with Crippen LogP contribution < -0.4 is 5.32 Å². The van der Waals surface area contributed by atoms with Crippen molar-refractivity contribution in [2.75, 3.05) is 13.1 Å². The molecule has 1 N–H and O–H groups in total. The van der Waals surface area contributed by atoms with Gasteiger partial charge in [-0.1, -0.05) is 0 Å². The van der Waals surface area contributed by atoms with Gasteiger partial charge in [-0.25, -0.2) is 0 Å². The van der Waals surface area contributed by atoms with Crippen LogP contribution in [0.25, 0.3) is 0 Å². The number of hydrogen-bond acceptors (Lipinski definition) is 3. The Hall–Kier alpha value is -0.590. The van der Waals surface area contributed by atoms with E-state index < -0.39 is 0 Å². The first-order chi connectivity index (χ1) is 8.02. The summed E-state index contributed by atoms with van der Waals surface area (Å²) in [5, 5.41) is 12.7. The summed E-state index contributed by atoms with van der Waals surface area (Å²) in [5.41, 5.74) is -0.365. The molecular weight excluding hydrogens is 210 g/mol. The van der Waals surface area contributed by atoms with Gasteiger partial charge in [0.15, 0.2) is 0 Å². The number of fused-ring (bicyclic) bond motifs is 2. The maximum Gasteiger partial charge on any atom is 0.105 e. The molecule has 1 saturated heterocycles. The van der Waals surface area contributed by atoms with Crippen LogP contribution in [-0.2, 0) is 0 Å². The summed E-state index contributed by atoms with van der Waals surface area (Å²) in [4.78, 5) is 2.60. The summed E-state index contributed by atoms with van der Waals surface area (Å²) in [5.74, 6) is 0.950. The predicted molar refractivity (Wildman–Crippen MR) is 69.6 cm³/mol. The zero-order valence-corrected chi connectivity index (χ0v) is 11.4. The highest BCUT2D eigenvalue weighted by Crippen LogP contribution is 2.37. The Morgan fingerprint density at radius 1 is 1.47 bits per heavy atom. The van der Waals surface area contributed by atoms with Crippen LogP contribution in [0.2, 0.25) is 0 Å². The Bertz CT molecular complexity index is 307. The zero-order valence-electron chi connectivity index (χ0n) is 11.4. The van der Waals surface area contributed by atoms with Crippen molar-refractivity contribution in [3.05, 3.63) is 0 Å². The van der Waals surface area contributed by atoms with Crippen LogP contribution in [0.5, 0.6) is 0 Å². The van der Waals surface area contributed by atoms with Gasteiger partial charge in [0.05, 0.1) is 6.07 Å². The lowest BCUT2D eigenvalue weighted by Gasteiger charge is -2.31. The van der Waals surface area contributed by atoms with Crippen LogP contribution in [0, 0.1) is 17.2 Å². The normalized spacial score (nSPS) is 31.7. The van der Waals surface area contributed by atoms with E-state index in [2.05, 4.69) is 30.1 Å². The molecule has 0 aromatic carbocycles. The van der Waals surface area contributed by atoms with Crippen LogP contribution in [0.15, 0.2) is 0 Å². The number of rotatable bonds is 5. The SMILES string of the molecule is CC(C)NC(C)(C#N)CCN1CC2CCC1C2. The number of likely N-dealkylation sites (tertiary alicyclic amines) is 1. The van der Waals surface area contributed by atoms with Gasteiger partial charge in [-0.15, -0.1) is 0 Å². The number of nitriles is 1. The second kappa shape index (κ2) is 4.96. The standard InChI is InChI=1S/C14H25N3/c1-11(2)16-14(3,10-15)6-7-17-9-12-4-5-13(17)8-12/h11-13,16H,4-9H2,1-3H3. The Kier molecular flexibility index (Phi) is 3.75. The molecule has 2 fully saturated rings. The third kappa shape index (κ3) is 3.00. The van der Waals surface area contributed by atoms with E-state index >= 15 is 0 Å². The zero-order chi connectivity index (χ0) is 12.5. The highest BCUT2D eigenvalue weighted by Gasteiger charge is 2.38. The molecule has 3 atom stereocenters. The number of nitrogens with one attached hydrogen (secondary N) is 1. The van der Waals surface area contributed by atoms with Gasteiger partial charge in [0, 0.05) is 25.2 Å². The number of piperidine rings is 1. The number of nitrogens with zero attached hydrogens (tertiary/aromatic N) is 2. The van der Waals surface area contributed by atoms with Crippen LogP contribution in [0.4, 0.5) is 0 Å². The van der Waals surface area contributed by atoms with Gasteiger partial charge in [0.2, 0.25) is 0 Å². The maximum atomic E-state index is 9.31. The predicted octanol–water partition coefficient (Wildman–Crippen LogP) is 2.14. The highest BCUT2D eigenvalue weighted by molar-refractivity contribution is 5.05. The van der Waals surface area contributed by atoms with Crippen LogP contribution >= 0.6 is 0 Å². The molecule has 0 aromatic rings. The monoisotopic (exact) mass is 235 g/mol. The van der Waals surface area contributed by atoms with Crippen molar-refractivity contribution in [3.63, 3.8) is 0 Å². The van der Waals surface area contributed by atoms with Gasteiger partial charge in [-0.2, -0.15) is 5.26 Å². The molecule has 2 rings (SSSR count). The molecule has 0 spiro atoms. The Morgan fingerprint density at radius 2 is 2.24 bits per heavy atom. The molecule has 3 nitrogen and oxygen atoms in total. The molecule has 96 valence electrons. The van der Waals surface area contributed by atoms with Crippen molar-refractivity contribution < 1.29 is 0 Å². The fourth-order valence-corrected chi connectivity index (χ4v) is 3.47. The Morgan fingerprint density at radius 3 is 2.71 bits per heavy atom. The number of hydrogen-bond donors (Lipinski definition) is 1. The second-order valence-corrected chi connectivity index (χ2v) is 6.32. The molecule has 0 radical (unpaired) electrons. The van der Waals surface area contributed by atoms with E-state index in [0.717, 1.165) is 24.9 Å². The van der Waals surface area contributed by atoms with Gasteiger partial charge < -0.3 is 0 Å². The first kappa shape index (κ1) is 12.9. The second-order valence-electron chi connectivity index (χ2n) is 6.32. The van der Waals surface area contributed by atoms with Gasteiger partial charge in [0.25, 0.3) is 0 Å². The fourth-order valence-electron chi connectivity index (χ4n) is 3.47. The van der Waals surface area contributed by atoms with Gasteiger partial charge in [-0.05, 0) is 52.4 Å². The fraction of sp³-hybridized carbons (Fsp3) is 0.929. The average Bonchev–Trinajstić information content (AvgIpc) is 2.87. The minimum atomic E-state index is -0.365. The molecule has 1 aliphatic carbocycles. The molecule has 2 aliphatic rings. The van der Waals surface area contributed by atoms with Crippen molar-refractivity contribution in [1.82, 2.24) is 10.2 Å². The molecule has 17 heavy (non-hydrogen) atoms. The van der Waals surface area contributed by atoms with E-state index in [0.29, 0.717) is 6.04 Å². The van der Waals surface area contributed by atoms with E-state index in [1.165, 1.54) is 25.8 Å². The summed E-state index contributed by atoms with van der Waals surface area (Å²) in [6, 6.07) is 3.63. The van der Waals surface area contributed by atoms with Crippen molar-refractivity contribution in [1.29, 1.82) is 5.26 Å². The Balaban J connectivity index is 1.82. The molecule has 1 saturated carbocycles. The molecule has 3 unspecified atom stereocenters. The third-order valence-electron chi connectivity index (χ3n) is 4.28. The van der Waals surface area contributed by atoms with Crippen LogP contribution in [-0.4, -0.2) is 35.6 Å². The average molecular weight is 235 g/mol. The van der Waals surface area contributed by atoms with Crippen molar-refractivity contribution in [3.8, 4) is 6.07 Å². The summed E-state index contributed by atoms with van der Waals surface area (Å²) in [7, 11) is 0. The lowest BCUT2D eigenvalue weighted by Crippen LogP contribution is -2.47. The van der Waals surface area contributed by atoms with E-state index in [9.17, 15) is 5.26 Å². The molecule has 3 heteroatoms. The van der Waals surface area contributed by atoms with E-state index in [1.807, 2.05) is 6.92 Å². The van der Waals surface area contributed by atoms with E-state index in [-0.39, 0.29) is 5.54 Å². The van der Waals surface area contributed by atoms with E-state index in [4.69, 9.17) is 0 Å². The largest absolute Gasteiger partial charge is 0.300 e. The van der Waals surface area contributed by atoms with Gasteiger partial charge in [-0.3, -0.25) is 10.2 Å². The van der Waals surface area contributed by atoms with Crippen LogP contribution in [0.1, 0.15) is 46.5 Å². The summed E-state index contributed by atoms with van der Waals surface area (Å²) in [6.07, 6.45) is 5.15. The van der Waals surface area contributed by atoms with Crippen molar-refractivity contribution >= 4 is 0 Å². The summed E-state index contributed by atoms with van der Waals surface area (Å²) >= 11 is 0. The molecule has 0 aromatic heterocycles. The maximum absolute atomic E-state index is 9.31. The minimum absolute atomic E-state index is 0.365. The topological polar surface area (TPSA) is 39.1 Å². The molecule has 2 bridgehead atoms. The quantitative estimate of drug-likeness (QED) is 0.793. The first-order valence-electron chi connectivity index (χ1n) is 6.95. The minimum Gasteiger partial charge on any atom is -0.300 e. The van der Waals surface area contributed by atoms with Gasteiger partial charge in [0.1, 0.15) is 5.54 Å². The Labute approximate surface area is 105 Å². The molecule has 1 aliphatic heterocycles. The summed E-state index contributed by atoms with van der Waals surface area (Å²) in [6.45, 7) is 8.58. The van der Waals surface area contributed by atoms with E-state index in [1.54, 1.807) is 0 Å². The molecule has 0 amide bonds. The smallest absolute Gasteiger partial charge is 0.105 e. The molecule has 1 heterocycles. The van der Waals surface area contributed by atoms with Crippen LogP contribution in [0.3, 0.4) is 0 Å². The van der Waals surface area contributed by atoms with Crippen molar-refractivity contribution in [2.45, 2.75) is 64.1 Å². The molecular formula is C14H25N3. The van der Waals surface area contributed by atoms with Crippen molar-refractivity contribution in [2.24, 2.45) is 5.92 Å². The third-order valence-corrected chi connectivity index (χ3v) is 4.28.